The lowest BCUT2D eigenvalue weighted by Gasteiger charge is -2.26. The minimum absolute atomic E-state index is 0.199. The first-order valence-corrected chi connectivity index (χ1v) is 10.7. The summed E-state index contributed by atoms with van der Waals surface area (Å²) >= 11 is 0. The van der Waals surface area contributed by atoms with Crippen LogP contribution < -0.4 is 0 Å². The van der Waals surface area contributed by atoms with Gasteiger partial charge in [0.05, 0.1) is 34.1 Å². The fraction of sp³-hybridized carbons (Fsp3) is 0.160. The lowest BCUT2D eigenvalue weighted by molar-refractivity contribution is 0.0744. The Kier molecular flexibility index (Phi) is 5.37. The van der Waals surface area contributed by atoms with Crippen LogP contribution in [0.15, 0.2) is 71.8 Å². The molecule has 5 rings (SSSR count). The summed E-state index contributed by atoms with van der Waals surface area (Å²) in [6, 6.07) is 15.2. The van der Waals surface area contributed by atoms with E-state index in [0.29, 0.717) is 27.9 Å². The second kappa shape index (κ2) is 8.51. The van der Waals surface area contributed by atoms with Crippen molar-refractivity contribution in [2.24, 2.45) is 0 Å². The summed E-state index contributed by atoms with van der Waals surface area (Å²) < 4.78 is 20.5. The third kappa shape index (κ3) is 3.81. The molecule has 0 bridgehead atoms. The molecule has 1 unspecified atom stereocenters. The number of benzene rings is 2. The van der Waals surface area contributed by atoms with Crippen LogP contribution in [0.4, 0.5) is 4.39 Å². The maximum Gasteiger partial charge on any atom is 0.259 e. The highest BCUT2D eigenvalue weighted by Crippen LogP contribution is 2.30. The molecule has 3 aromatic heterocycles. The van der Waals surface area contributed by atoms with E-state index < -0.39 is 0 Å². The van der Waals surface area contributed by atoms with E-state index in [2.05, 4.69) is 20.2 Å². The number of aromatic nitrogens is 5. The highest BCUT2D eigenvalue weighted by atomic mass is 19.1. The molecule has 1 amide bonds. The zero-order chi connectivity index (χ0) is 23.8. The van der Waals surface area contributed by atoms with Crippen molar-refractivity contribution in [3.63, 3.8) is 0 Å². The number of amides is 1. The average molecular weight is 456 g/mol. The van der Waals surface area contributed by atoms with Gasteiger partial charge in [0.2, 0.25) is 0 Å². The number of hydrogen-bond acceptors (Lipinski definition) is 6. The number of hydrogen-bond donors (Lipinski definition) is 0. The Labute approximate surface area is 194 Å². The minimum Gasteiger partial charge on any atom is -0.335 e. The van der Waals surface area contributed by atoms with Crippen molar-refractivity contribution in [3.8, 4) is 16.9 Å². The first-order valence-electron chi connectivity index (χ1n) is 10.7. The first kappa shape index (κ1) is 21.4. The maximum absolute atomic E-state index is 13.7. The van der Waals surface area contributed by atoms with E-state index in [1.807, 2.05) is 31.2 Å². The highest BCUT2D eigenvalue weighted by Gasteiger charge is 2.25. The number of nitrogens with zero attached hydrogens (tertiary/aromatic N) is 6. The van der Waals surface area contributed by atoms with E-state index in [4.69, 9.17) is 4.52 Å². The number of pyridine rings is 1. The van der Waals surface area contributed by atoms with Gasteiger partial charge in [0.25, 0.3) is 11.6 Å². The summed E-state index contributed by atoms with van der Waals surface area (Å²) in [7, 11) is 1.75. The topological polar surface area (TPSA) is 89.9 Å². The minimum atomic E-state index is -0.347. The number of carbonyl (C=O) groups excluding carboxylic acids is 1. The summed E-state index contributed by atoms with van der Waals surface area (Å²) in [5.74, 6) is -0.546. The second-order valence-electron chi connectivity index (χ2n) is 8.03. The molecule has 3 heterocycles. The van der Waals surface area contributed by atoms with Gasteiger partial charge in [-0.1, -0.05) is 17.3 Å². The van der Waals surface area contributed by atoms with Gasteiger partial charge in [-0.25, -0.2) is 19.0 Å². The maximum atomic E-state index is 13.7. The van der Waals surface area contributed by atoms with Crippen molar-refractivity contribution in [2.45, 2.75) is 19.9 Å². The van der Waals surface area contributed by atoms with Gasteiger partial charge < -0.3 is 9.42 Å². The van der Waals surface area contributed by atoms with Gasteiger partial charge in [-0.3, -0.25) is 4.79 Å². The third-order valence-corrected chi connectivity index (χ3v) is 5.95. The zero-order valence-electron chi connectivity index (χ0n) is 18.8. The SMILES string of the molecule is Cc1noc2nc(-c3ccc(F)cc3)cc(C(=O)N(C)C(C)c3ccc(-n4cncn4)cc3)c12. The Morgan fingerprint density at radius 1 is 1.12 bits per heavy atom. The second-order valence-corrected chi connectivity index (χ2v) is 8.03. The predicted octanol–water partition coefficient (Wildman–Crippen LogP) is 4.75. The lowest BCUT2D eigenvalue weighted by Crippen LogP contribution is -2.30. The van der Waals surface area contributed by atoms with Gasteiger partial charge in [-0.05, 0) is 61.9 Å². The van der Waals surface area contributed by atoms with Gasteiger partial charge in [-0.2, -0.15) is 5.10 Å². The lowest BCUT2D eigenvalue weighted by atomic mass is 10.0. The average Bonchev–Trinajstić information content (AvgIpc) is 3.53. The molecule has 9 heteroatoms. The van der Waals surface area contributed by atoms with E-state index in [1.165, 1.54) is 18.5 Å². The molecule has 0 spiro atoms. The molecule has 5 aromatic rings. The molecule has 170 valence electrons. The van der Waals surface area contributed by atoms with Gasteiger partial charge in [0.1, 0.15) is 18.5 Å². The van der Waals surface area contributed by atoms with Gasteiger partial charge in [0, 0.05) is 12.6 Å². The molecule has 0 aliphatic heterocycles. The molecule has 0 N–H and O–H groups in total. The molecule has 1 atom stereocenters. The van der Waals surface area contributed by atoms with Crippen LogP contribution in [0, 0.1) is 12.7 Å². The van der Waals surface area contributed by atoms with Crippen LogP contribution >= 0.6 is 0 Å². The number of aryl methyl sites for hydroxylation is 1. The van der Waals surface area contributed by atoms with E-state index in [0.717, 1.165) is 11.3 Å². The van der Waals surface area contributed by atoms with Crippen molar-refractivity contribution < 1.29 is 13.7 Å². The number of rotatable bonds is 5. The number of fused-ring (bicyclic) bond motifs is 1. The molecular weight excluding hydrogens is 435 g/mol. The molecule has 0 fully saturated rings. The quantitative estimate of drug-likeness (QED) is 0.379. The van der Waals surface area contributed by atoms with Crippen molar-refractivity contribution in [3.05, 3.63) is 89.9 Å². The molecule has 8 nitrogen and oxygen atoms in total. The zero-order valence-corrected chi connectivity index (χ0v) is 18.8. The van der Waals surface area contributed by atoms with Gasteiger partial charge in [-0.15, -0.1) is 0 Å². The van der Waals surface area contributed by atoms with Crippen LogP contribution in [0.2, 0.25) is 0 Å². The Balaban J connectivity index is 1.49. The van der Waals surface area contributed by atoms with E-state index in [1.54, 1.807) is 48.1 Å². The van der Waals surface area contributed by atoms with Crippen molar-refractivity contribution in [2.75, 3.05) is 7.05 Å². The fourth-order valence-electron chi connectivity index (χ4n) is 3.87. The van der Waals surface area contributed by atoms with Crippen LogP contribution in [-0.4, -0.2) is 42.8 Å². The normalized spacial score (nSPS) is 12.1. The Bertz CT molecular complexity index is 1460. The molecular formula is C25H21FN6O2. The van der Waals surface area contributed by atoms with Crippen molar-refractivity contribution in [1.82, 2.24) is 29.8 Å². The predicted molar refractivity (Wildman–Crippen MR) is 124 cm³/mol. The molecule has 0 radical (unpaired) electrons. The van der Waals surface area contributed by atoms with Crippen LogP contribution in [0.25, 0.3) is 28.0 Å². The monoisotopic (exact) mass is 456 g/mol. The molecule has 0 aliphatic carbocycles. The van der Waals surface area contributed by atoms with Gasteiger partial charge >= 0.3 is 0 Å². The third-order valence-electron chi connectivity index (χ3n) is 5.95. The van der Waals surface area contributed by atoms with E-state index in [-0.39, 0.29) is 23.5 Å². The summed E-state index contributed by atoms with van der Waals surface area (Å²) in [6.45, 7) is 3.73. The highest BCUT2D eigenvalue weighted by molar-refractivity contribution is 6.07. The molecule has 0 aliphatic rings. The summed E-state index contributed by atoms with van der Waals surface area (Å²) in [6.07, 6.45) is 3.11. The van der Waals surface area contributed by atoms with Crippen LogP contribution in [-0.2, 0) is 0 Å². The fourth-order valence-corrected chi connectivity index (χ4v) is 3.87. The number of halogens is 1. The standard InChI is InChI=1S/C25H21FN6O2/c1-15-23-21(12-22(29-24(23)34-30-15)18-4-8-19(26)9-5-18)25(33)31(3)16(2)17-6-10-20(11-7-17)32-14-27-13-28-32/h4-14,16H,1-3H3. The van der Waals surface area contributed by atoms with Crippen LogP contribution in [0.1, 0.15) is 34.6 Å². The van der Waals surface area contributed by atoms with Crippen molar-refractivity contribution >= 4 is 17.0 Å². The largest absolute Gasteiger partial charge is 0.335 e. The van der Waals surface area contributed by atoms with Gasteiger partial charge in [0.15, 0.2) is 0 Å². The van der Waals surface area contributed by atoms with E-state index >= 15 is 0 Å². The Morgan fingerprint density at radius 3 is 2.53 bits per heavy atom. The molecule has 0 saturated heterocycles. The smallest absolute Gasteiger partial charge is 0.259 e. The Morgan fingerprint density at radius 2 is 1.85 bits per heavy atom. The summed E-state index contributed by atoms with van der Waals surface area (Å²) in [5.41, 5.74) is 4.29. The molecule has 34 heavy (non-hydrogen) atoms. The Hall–Kier alpha value is -4.40. The number of carbonyl (C=O) groups is 1. The van der Waals surface area contributed by atoms with Crippen molar-refractivity contribution in [1.29, 1.82) is 0 Å². The summed E-state index contributed by atoms with van der Waals surface area (Å²) in [4.78, 5) is 23.8. The first-order chi connectivity index (χ1) is 16.4. The van der Waals surface area contributed by atoms with Crippen LogP contribution in [0.3, 0.4) is 0 Å². The van der Waals surface area contributed by atoms with E-state index in [9.17, 15) is 9.18 Å². The summed E-state index contributed by atoms with van der Waals surface area (Å²) in [5, 5.41) is 8.70. The molecule has 0 saturated carbocycles. The molecule has 2 aromatic carbocycles. The van der Waals surface area contributed by atoms with Crippen LogP contribution in [0.5, 0.6) is 0 Å².